The number of halogens is 2. The summed E-state index contributed by atoms with van der Waals surface area (Å²) in [7, 11) is 0. The van der Waals surface area contributed by atoms with Gasteiger partial charge < -0.3 is 30.7 Å². The van der Waals surface area contributed by atoms with E-state index in [1.807, 2.05) is 0 Å². The van der Waals surface area contributed by atoms with E-state index in [2.05, 4.69) is 20.1 Å². The zero-order valence-electron chi connectivity index (χ0n) is 14.4. The third kappa shape index (κ3) is 2.84. The zero-order valence-corrected chi connectivity index (χ0v) is 14.4. The van der Waals surface area contributed by atoms with Crippen LogP contribution in [0.1, 0.15) is 24.1 Å². The first-order valence-corrected chi connectivity index (χ1v) is 8.55. The van der Waals surface area contributed by atoms with Crippen molar-refractivity contribution in [3.63, 3.8) is 0 Å². The predicted molar refractivity (Wildman–Crippen MR) is 92.1 cm³/mol. The Morgan fingerprint density at radius 1 is 1.21 bits per heavy atom. The number of H-pyrrole nitrogens is 1. The number of aliphatic hydroxyl groups is 3. The maximum atomic E-state index is 13.5. The van der Waals surface area contributed by atoms with E-state index in [-0.39, 0.29) is 17.5 Å². The van der Waals surface area contributed by atoms with E-state index in [1.165, 1.54) is 18.7 Å². The van der Waals surface area contributed by atoms with E-state index >= 15 is 0 Å². The molecule has 4 rings (SSSR count). The first-order valence-electron chi connectivity index (χ1n) is 8.55. The van der Waals surface area contributed by atoms with Crippen molar-refractivity contribution in [2.24, 2.45) is 16.9 Å². The van der Waals surface area contributed by atoms with Crippen LogP contribution < -0.4 is 11.3 Å². The van der Waals surface area contributed by atoms with Gasteiger partial charge in [-0.1, -0.05) is 6.07 Å². The minimum Gasteiger partial charge on any atom is -0.390 e. The lowest BCUT2D eigenvalue weighted by atomic mass is 9.92. The number of hydrogen-bond acceptors (Lipinski definition) is 7. The Labute approximate surface area is 156 Å². The Hall–Kier alpha value is -2.89. The van der Waals surface area contributed by atoms with Crippen molar-refractivity contribution in [2.45, 2.75) is 30.8 Å². The van der Waals surface area contributed by atoms with Crippen LogP contribution in [0.25, 0.3) is 11.2 Å². The van der Waals surface area contributed by atoms with Crippen molar-refractivity contribution in [2.75, 3.05) is 0 Å². The number of rotatable bonds is 3. The summed E-state index contributed by atoms with van der Waals surface area (Å²) in [4.78, 5) is 11.1. The minimum absolute atomic E-state index is 0.117. The summed E-state index contributed by atoms with van der Waals surface area (Å²) in [5.74, 6) is 2.37. The first-order chi connectivity index (χ1) is 13.4. The molecule has 148 valence electrons. The molecule has 1 fully saturated rings. The van der Waals surface area contributed by atoms with Crippen LogP contribution in [0.3, 0.4) is 0 Å². The van der Waals surface area contributed by atoms with Crippen LogP contribution in [-0.4, -0.2) is 47.0 Å². The molecule has 0 aliphatic heterocycles. The third-order valence-corrected chi connectivity index (χ3v) is 5.26. The molecule has 9 nitrogen and oxygen atoms in total. The number of fused-ring (bicyclic) bond motifs is 1. The van der Waals surface area contributed by atoms with Gasteiger partial charge in [-0.3, -0.25) is 0 Å². The van der Waals surface area contributed by atoms with Crippen molar-refractivity contribution < 1.29 is 24.1 Å². The van der Waals surface area contributed by atoms with Gasteiger partial charge in [0.25, 0.3) is 0 Å². The number of nitrogens with one attached hydrogen (secondary N) is 1. The molecule has 1 aliphatic rings. The van der Waals surface area contributed by atoms with Crippen molar-refractivity contribution >= 4 is 11.2 Å². The average Bonchev–Trinajstić information content (AvgIpc) is 3.25. The van der Waals surface area contributed by atoms with Crippen LogP contribution in [-0.2, 0) is 0 Å². The summed E-state index contributed by atoms with van der Waals surface area (Å²) < 4.78 is 28.3. The molecule has 0 radical (unpaired) electrons. The van der Waals surface area contributed by atoms with E-state index in [0.717, 1.165) is 12.1 Å². The van der Waals surface area contributed by atoms with Gasteiger partial charge in [-0.15, -0.1) is 0 Å². The molecule has 1 aromatic carbocycles. The lowest BCUT2D eigenvalue weighted by Gasteiger charge is -2.22. The quantitative estimate of drug-likeness (QED) is 0.309. The molecule has 6 N–H and O–H groups in total. The number of hydrogen-bond donors (Lipinski definition) is 5. The SMILES string of the molecule is N/N=c1/nc[nH]c2c1ncn2[C@@H]1C[C@H]([C@H](O)c2ccc(F)c(F)c2)[C@@H](O)[C@H]1O. The molecule has 0 amide bonds. The standard InChI is InChI=1S/C17H18F2N6O3/c18-9-2-1-7(3-10(9)19)13(26)8-4-11(15(28)14(8)27)25-6-23-12-16(24-20)21-5-22-17(12)25/h1-3,5-6,8,11,13-15,26-28H,4,20H2,(H,21,22,24)/t8-,11-,13-,14-,15+/m1/s1. The van der Waals surface area contributed by atoms with Crippen molar-refractivity contribution in [3.8, 4) is 0 Å². The highest BCUT2D eigenvalue weighted by Crippen LogP contribution is 2.42. The predicted octanol–water partition coefficient (Wildman–Crippen LogP) is -0.172. The summed E-state index contributed by atoms with van der Waals surface area (Å²) in [6.45, 7) is 0. The second-order valence-corrected chi connectivity index (χ2v) is 6.77. The van der Waals surface area contributed by atoms with Gasteiger partial charge in [0.05, 0.1) is 30.9 Å². The lowest BCUT2D eigenvalue weighted by molar-refractivity contribution is -0.0265. The number of aliphatic hydroxyl groups excluding tert-OH is 3. The summed E-state index contributed by atoms with van der Waals surface area (Å²) in [6, 6.07) is 2.41. The maximum absolute atomic E-state index is 13.5. The molecule has 0 bridgehead atoms. The van der Waals surface area contributed by atoms with Crippen LogP contribution in [0.15, 0.2) is 36.0 Å². The van der Waals surface area contributed by atoms with E-state index in [4.69, 9.17) is 5.84 Å². The molecule has 28 heavy (non-hydrogen) atoms. The normalized spacial score (nSPS) is 26.8. The summed E-state index contributed by atoms with van der Waals surface area (Å²) in [5, 5.41) is 35.2. The third-order valence-electron chi connectivity index (χ3n) is 5.26. The van der Waals surface area contributed by atoms with Gasteiger partial charge in [0.1, 0.15) is 11.8 Å². The largest absolute Gasteiger partial charge is 0.390 e. The molecule has 11 heteroatoms. The number of imidazole rings is 1. The van der Waals surface area contributed by atoms with Crippen molar-refractivity contribution in [3.05, 3.63) is 53.5 Å². The molecule has 2 heterocycles. The molecule has 0 saturated heterocycles. The van der Waals surface area contributed by atoms with Crippen LogP contribution >= 0.6 is 0 Å². The number of nitrogens with two attached hydrogens (primary N) is 1. The van der Waals surface area contributed by atoms with E-state index in [9.17, 15) is 24.1 Å². The van der Waals surface area contributed by atoms with Crippen LogP contribution in [0.4, 0.5) is 8.78 Å². The Balaban J connectivity index is 1.67. The summed E-state index contributed by atoms with van der Waals surface area (Å²) >= 11 is 0. The topological polar surface area (TPSA) is 146 Å². The second-order valence-electron chi connectivity index (χ2n) is 6.77. The molecule has 1 aliphatic carbocycles. The average molecular weight is 392 g/mol. The molecular formula is C17H18F2N6O3. The molecule has 0 spiro atoms. The summed E-state index contributed by atoms with van der Waals surface area (Å²) in [5.41, 5.74) is 1.19. The highest BCUT2D eigenvalue weighted by atomic mass is 19.2. The molecule has 5 atom stereocenters. The first kappa shape index (κ1) is 18.5. The van der Waals surface area contributed by atoms with Crippen LogP contribution in [0, 0.1) is 17.6 Å². The molecular weight excluding hydrogens is 374 g/mol. The Morgan fingerprint density at radius 2 is 2.00 bits per heavy atom. The van der Waals surface area contributed by atoms with Gasteiger partial charge in [0, 0.05) is 5.92 Å². The fraction of sp³-hybridized carbons (Fsp3) is 0.353. The highest BCUT2D eigenvalue weighted by Gasteiger charge is 2.46. The van der Waals surface area contributed by atoms with Crippen LogP contribution in [0.2, 0.25) is 0 Å². The fourth-order valence-corrected chi connectivity index (χ4v) is 3.81. The van der Waals surface area contributed by atoms with Gasteiger partial charge in [-0.05, 0) is 24.1 Å². The van der Waals surface area contributed by atoms with Gasteiger partial charge in [-0.25, -0.2) is 18.7 Å². The van der Waals surface area contributed by atoms with Gasteiger partial charge >= 0.3 is 0 Å². The Kier molecular flexibility index (Phi) is 4.57. The van der Waals surface area contributed by atoms with Gasteiger partial charge in [0.2, 0.25) is 5.49 Å². The molecule has 1 saturated carbocycles. The van der Waals surface area contributed by atoms with Crippen LogP contribution in [0.5, 0.6) is 0 Å². The van der Waals surface area contributed by atoms with Gasteiger partial charge in [0.15, 0.2) is 17.2 Å². The fourth-order valence-electron chi connectivity index (χ4n) is 3.81. The van der Waals surface area contributed by atoms with Crippen molar-refractivity contribution in [1.29, 1.82) is 0 Å². The minimum atomic E-state index is -1.29. The smallest absolute Gasteiger partial charge is 0.202 e. The number of aromatic nitrogens is 4. The monoisotopic (exact) mass is 392 g/mol. The molecule has 3 aromatic rings. The van der Waals surface area contributed by atoms with Gasteiger partial charge in [-0.2, -0.15) is 5.10 Å². The lowest BCUT2D eigenvalue weighted by Crippen LogP contribution is -2.31. The Bertz CT molecular complexity index is 1080. The van der Waals surface area contributed by atoms with E-state index < -0.39 is 41.9 Å². The number of aromatic amines is 1. The molecule has 2 aromatic heterocycles. The second kappa shape index (κ2) is 6.93. The maximum Gasteiger partial charge on any atom is 0.202 e. The zero-order chi connectivity index (χ0) is 20.0. The molecule has 0 unspecified atom stereocenters. The number of benzene rings is 1. The number of nitrogens with zero attached hydrogens (tertiary/aromatic N) is 4. The van der Waals surface area contributed by atoms with Crippen molar-refractivity contribution in [1.82, 2.24) is 19.5 Å². The Morgan fingerprint density at radius 3 is 2.71 bits per heavy atom. The summed E-state index contributed by atoms with van der Waals surface area (Å²) in [6.07, 6.45) is -0.811. The van der Waals surface area contributed by atoms with E-state index in [1.54, 1.807) is 4.57 Å². The van der Waals surface area contributed by atoms with E-state index in [0.29, 0.717) is 11.2 Å². The highest BCUT2D eigenvalue weighted by molar-refractivity contribution is 5.68.